The third-order valence-electron chi connectivity index (χ3n) is 3.72. The van der Waals surface area contributed by atoms with Gasteiger partial charge in [0.1, 0.15) is 17.1 Å². The lowest BCUT2D eigenvalue weighted by molar-refractivity contribution is 0.404. The van der Waals surface area contributed by atoms with Gasteiger partial charge in [-0.3, -0.25) is 0 Å². The number of benzene rings is 1. The van der Waals surface area contributed by atoms with Gasteiger partial charge >= 0.3 is 0 Å². The molecule has 0 atom stereocenters. The molecule has 0 aliphatic heterocycles. The Balaban J connectivity index is 2.28. The van der Waals surface area contributed by atoms with E-state index in [0.717, 1.165) is 34.1 Å². The summed E-state index contributed by atoms with van der Waals surface area (Å²) in [6.45, 7) is 0.513. The number of imidazole rings is 1. The number of pyridine rings is 1. The molecule has 0 aliphatic rings. The number of nitrogens with zero attached hydrogens (tertiary/aromatic N) is 2. The maximum Gasteiger partial charge on any atom is 0.137 e. The Morgan fingerprint density at radius 1 is 1.17 bits per heavy atom. The second-order valence-corrected chi connectivity index (χ2v) is 5.52. The molecule has 0 bridgehead atoms. The van der Waals surface area contributed by atoms with E-state index in [4.69, 9.17) is 31.8 Å². The zero-order valence-corrected chi connectivity index (χ0v) is 13.8. The van der Waals surface area contributed by atoms with Crippen molar-refractivity contribution in [3.63, 3.8) is 0 Å². The van der Waals surface area contributed by atoms with E-state index >= 15 is 0 Å². The minimum absolute atomic E-state index is 0.513. The van der Waals surface area contributed by atoms with Crippen molar-refractivity contribution in [3.8, 4) is 22.8 Å². The van der Waals surface area contributed by atoms with Gasteiger partial charge in [0.15, 0.2) is 0 Å². The number of ether oxygens (including phenoxy) is 2. The van der Waals surface area contributed by atoms with E-state index in [1.807, 2.05) is 40.9 Å². The van der Waals surface area contributed by atoms with E-state index in [9.17, 15) is 0 Å². The lowest BCUT2D eigenvalue weighted by Gasteiger charge is -2.10. The average Bonchev–Trinajstić information content (AvgIpc) is 2.92. The Morgan fingerprint density at radius 3 is 2.70 bits per heavy atom. The van der Waals surface area contributed by atoms with Gasteiger partial charge in [0.05, 0.1) is 30.6 Å². The molecule has 23 heavy (non-hydrogen) atoms. The topological polar surface area (TPSA) is 61.8 Å². The van der Waals surface area contributed by atoms with Gasteiger partial charge in [-0.25, -0.2) is 4.98 Å². The monoisotopic (exact) mass is 331 g/mol. The van der Waals surface area contributed by atoms with Gasteiger partial charge in [-0.15, -0.1) is 0 Å². The fraction of sp³-hybridized carbons (Fsp3) is 0.235. The van der Waals surface area contributed by atoms with Crippen LogP contribution in [0.4, 0.5) is 0 Å². The van der Waals surface area contributed by atoms with Gasteiger partial charge in [-0.2, -0.15) is 0 Å². The lowest BCUT2D eigenvalue weighted by Crippen LogP contribution is -2.06. The van der Waals surface area contributed by atoms with Crippen LogP contribution in [0.3, 0.4) is 0 Å². The number of aromatic nitrogens is 2. The molecule has 2 N–H and O–H groups in total. The van der Waals surface area contributed by atoms with Crippen molar-refractivity contribution in [3.05, 3.63) is 47.2 Å². The quantitative estimate of drug-likeness (QED) is 0.780. The van der Waals surface area contributed by atoms with Gasteiger partial charge in [-0.05, 0) is 36.9 Å². The molecular formula is C17H18ClN3O2. The second kappa shape index (κ2) is 6.48. The van der Waals surface area contributed by atoms with Gasteiger partial charge in [0, 0.05) is 18.2 Å². The molecule has 0 saturated heterocycles. The van der Waals surface area contributed by atoms with Crippen molar-refractivity contribution < 1.29 is 9.47 Å². The van der Waals surface area contributed by atoms with E-state index < -0.39 is 0 Å². The summed E-state index contributed by atoms with van der Waals surface area (Å²) in [6, 6.07) is 9.36. The second-order valence-electron chi connectivity index (χ2n) is 5.09. The van der Waals surface area contributed by atoms with Crippen molar-refractivity contribution in [1.82, 2.24) is 9.38 Å². The Labute approximate surface area is 139 Å². The molecule has 0 saturated carbocycles. The maximum atomic E-state index is 6.13. The summed E-state index contributed by atoms with van der Waals surface area (Å²) in [5.41, 5.74) is 9.30. The summed E-state index contributed by atoms with van der Waals surface area (Å²) in [5.74, 6) is 1.48. The molecule has 0 spiro atoms. The van der Waals surface area contributed by atoms with Crippen molar-refractivity contribution in [1.29, 1.82) is 0 Å². The van der Waals surface area contributed by atoms with Crippen molar-refractivity contribution in [2.24, 2.45) is 5.73 Å². The molecule has 2 aromatic heterocycles. The molecular weight excluding hydrogens is 314 g/mol. The van der Waals surface area contributed by atoms with Gasteiger partial charge in [0.25, 0.3) is 0 Å². The van der Waals surface area contributed by atoms with Crippen LogP contribution in [0.1, 0.15) is 5.69 Å². The van der Waals surface area contributed by atoms with Crippen molar-refractivity contribution >= 4 is 17.2 Å². The molecule has 2 heterocycles. The van der Waals surface area contributed by atoms with Crippen LogP contribution in [0, 0.1) is 0 Å². The predicted molar refractivity (Wildman–Crippen MR) is 91.5 cm³/mol. The Kier molecular flexibility index (Phi) is 4.41. The van der Waals surface area contributed by atoms with Gasteiger partial charge in [-0.1, -0.05) is 11.6 Å². The van der Waals surface area contributed by atoms with Gasteiger partial charge in [0.2, 0.25) is 0 Å². The molecule has 0 radical (unpaired) electrons. The SMILES string of the molecule is COc1ccc(OC)c(-c2nc3ccc(Cl)cn3c2CCN)c1. The third-order valence-corrected chi connectivity index (χ3v) is 3.95. The van der Waals surface area contributed by atoms with E-state index in [1.54, 1.807) is 14.2 Å². The van der Waals surface area contributed by atoms with Crippen LogP contribution in [0.25, 0.3) is 16.9 Å². The fourth-order valence-electron chi connectivity index (χ4n) is 2.66. The highest BCUT2D eigenvalue weighted by Crippen LogP contribution is 2.35. The van der Waals surface area contributed by atoms with Crippen LogP contribution in [0.5, 0.6) is 11.5 Å². The Morgan fingerprint density at radius 2 is 2.00 bits per heavy atom. The van der Waals surface area contributed by atoms with Crippen molar-refractivity contribution in [2.45, 2.75) is 6.42 Å². The summed E-state index contributed by atoms with van der Waals surface area (Å²) < 4.78 is 12.8. The van der Waals surface area contributed by atoms with Crippen LogP contribution < -0.4 is 15.2 Å². The summed E-state index contributed by atoms with van der Waals surface area (Å²) in [7, 11) is 3.27. The smallest absolute Gasteiger partial charge is 0.137 e. The van der Waals surface area contributed by atoms with E-state index in [2.05, 4.69) is 0 Å². The molecule has 1 aromatic carbocycles. The highest BCUT2D eigenvalue weighted by Gasteiger charge is 2.18. The summed E-state index contributed by atoms with van der Waals surface area (Å²) in [5, 5.41) is 0.650. The molecule has 0 aliphatic carbocycles. The molecule has 6 heteroatoms. The fourth-order valence-corrected chi connectivity index (χ4v) is 2.82. The van der Waals surface area contributed by atoms with E-state index in [0.29, 0.717) is 18.0 Å². The number of rotatable bonds is 5. The summed E-state index contributed by atoms with van der Waals surface area (Å²) in [6.07, 6.45) is 2.53. The normalized spacial score (nSPS) is 11.0. The molecule has 5 nitrogen and oxygen atoms in total. The van der Waals surface area contributed by atoms with Crippen LogP contribution in [0.2, 0.25) is 5.02 Å². The number of fused-ring (bicyclic) bond motifs is 1. The summed E-state index contributed by atoms with van der Waals surface area (Å²) >= 11 is 6.13. The first-order chi connectivity index (χ1) is 11.2. The largest absolute Gasteiger partial charge is 0.497 e. The molecule has 3 aromatic rings. The maximum absolute atomic E-state index is 6.13. The van der Waals surface area contributed by atoms with Gasteiger partial charge < -0.3 is 19.6 Å². The first kappa shape index (κ1) is 15.6. The number of hydrogen-bond acceptors (Lipinski definition) is 4. The molecule has 0 unspecified atom stereocenters. The standard InChI is InChI=1S/C17H18ClN3O2/c1-22-12-4-5-15(23-2)13(9-12)17-14(7-8-19)21-10-11(18)3-6-16(21)20-17/h3-6,9-10H,7-8,19H2,1-2H3. The number of halogens is 1. The van der Waals surface area contributed by atoms with Crippen molar-refractivity contribution in [2.75, 3.05) is 20.8 Å². The van der Waals surface area contributed by atoms with E-state index in [-0.39, 0.29) is 0 Å². The molecule has 3 rings (SSSR count). The zero-order chi connectivity index (χ0) is 16.4. The Hall–Kier alpha value is -2.24. The number of methoxy groups -OCH3 is 2. The highest BCUT2D eigenvalue weighted by atomic mass is 35.5. The first-order valence-electron chi connectivity index (χ1n) is 7.27. The zero-order valence-electron chi connectivity index (χ0n) is 13.0. The lowest BCUT2D eigenvalue weighted by atomic mass is 10.1. The first-order valence-corrected chi connectivity index (χ1v) is 7.64. The van der Waals surface area contributed by atoms with E-state index in [1.165, 1.54) is 0 Å². The Bertz CT molecular complexity index is 845. The molecule has 0 fully saturated rings. The molecule has 120 valence electrons. The average molecular weight is 332 g/mol. The third kappa shape index (κ3) is 2.85. The number of hydrogen-bond donors (Lipinski definition) is 1. The predicted octanol–water partition coefficient (Wildman–Crippen LogP) is 3.17. The summed E-state index contributed by atoms with van der Waals surface area (Å²) in [4.78, 5) is 4.74. The number of nitrogens with two attached hydrogens (primary N) is 1. The van der Waals surface area contributed by atoms with Crippen LogP contribution in [0.15, 0.2) is 36.5 Å². The van der Waals surface area contributed by atoms with Crippen LogP contribution >= 0.6 is 11.6 Å². The molecule has 0 amide bonds. The minimum atomic E-state index is 0.513. The van der Waals surface area contributed by atoms with Crippen LogP contribution in [-0.2, 0) is 6.42 Å². The van der Waals surface area contributed by atoms with Crippen LogP contribution in [-0.4, -0.2) is 30.1 Å². The highest BCUT2D eigenvalue weighted by molar-refractivity contribution is 6.30. The minimum Gasteiger partial charge on any atom is -0.497 e.